The van der Waals surface area contributed by atoms with Crippen LogP contribution in [0.25, 0.3) is 0 Å². The highest BCUT2D eigenvalue weighted by Crippen LogP contribution is 2.30. The van der Waals surface area contributed by atoms with Gasteiger partial charge in [-0.05, 0) is 5.92 Å². The maximum absolute atomic E-state index is 11.6. The second kappa shape index (κ2) is 6.40. The fourth-order valence-electron chi connectivity index (χ4n) is 0.924. The largest absolute Gasteiger partial charge is 0.295 e. The third-order valence-corrected chi connectivity index (χ3v) is 2.95. The molecule has 7 heteroatoms. The van der Waals surface area contributed by atoms with Crippen molar-refractivity contribution >= 4 is 40.7 Å². The van der Waals surface area contributed by atoms with Crippen LogP contribution in [0.15, 0.2) is 6.20 Å². The number of nitrogens with one attached hydrogen (secondary N) is 1. The van der Waals surface area contributed by atoms with Crippen molar-refractivity contribution in [1.82, 2.24) is 10.5 Å². The van der Waals surface area contributed by atoms with Crippen LogP contribution in [-0.2, 0) is 4.84 Å². The molecule has 0 atom stereocenters. The molecule has 0 aliphatic carbocycles. The number of hydrogen-bond acceptors (Lipinski definition) is 3. The highest BCUT2D eigenvalue weighted by Gasteiger charge is 2.17. The van der Waals surface area contributed by atoms with Gasteiger partial charge in [0.05, 0.1) is 21.7 Å². The molecule has 1 aromatic heterocycles. The summed E-state index contributed by atoms with van der Waals surface area (Å²) in [5.41, 5.74) is 2.21. The highest BCUT2D eigenvalue weighted by atomic mass is 35.5. The second-order valence-electron chi connectivity index (χ2n) is 3.72. The number of amides is 1. The minimum absolute atomic E-state index is 0.00446. The van der Waals surface area contributed by atoms with Crippen LogP contribution in [0.1, 0.15) is 24.3 Å². The molecule has 1 N–H and O–H groups in total. The summed E-state index contributed by atoms with van der Waals surface area (Å²) >= 11 is 17.3. The van der Waals surface area contributed by atoms with E-state index in [2.05, 4.69) is 10.5 Å². The van der Waals surface area contributed by atoms with E-state index in [1.165, 1.54) is 6.20 Å². The molecule has 1 rings (SSSR count). The van der Waals surface area contributed by atoms with Gasteiger partial charge < -0.3 is 0 Å². The van der Waals surface area contributed by atoms with Crippen molar-refractivity contribution in [2.24, 2.45) is 5.92 Å². The molecule has 1 heterocycles. The van der Waals surface area contributed by atoms with Gasteiger partial charge in [0.15, 0.2) is 5.69 Å². The van der Waals surface area contributed by atoms with Crippen molar-refractivity contribution in [2.45, 2.75) is 13.8 Å². The van der Waals surface area contributed by atoms with Crippen LogP contribution in [0.5, 0.6) is 0 Å². The van der Waals surface area contributed by atoms with Gasteiger partial charge in [0.2, 0.25) is 0 Å². The van der Waals surface area contributed by atoms with Crippen molar-refractivity contribution < 1.29 is 9.63 Å². The fraction of sp³-hybridized carbons (Fsp3) is 0.400. The molecule has 94 valence electrons. The first-order valence-corrected chi connectivity index (χ1v) is 5.98. The van der Waals surface area contributed by atoms with Gasteiger partial charge in [0.1, 0.15) is 0 Å². The monoisotopic (exact) mass is 296 g/mol. The van der Waals surface area contributed by atoms with Crippen LogP contribution in [0.2, 0.25) is 15.1 Å². The van der Waals surface area contributed by atoms with Gasteiger partial charge in [0, 0.05) is 6.20 Å². The van der Waals surface area contributed by atoms with E-state index < -0.39 is 5.91 Å². The van der Waals surface area contributed by atoms with E-state index in [0.29, 0.717) is 12.5 Å². The number of nitrogens with zero attached hydrogens (tertiary/aromatic N) is 1. The van der Waals surface area contributed by atoms with Crippen LogP contribution >= 0.6 is 34.8 Å². The zero-order valence-electron chi connectivity index (χ0n) is 9.26. The minimum Gasteiger partial charge on any atom is -0.273 e. The average molecular weight is 298 g/mol. The zero-order chi connectivity index (χ0) is 13.0. The van der Waals surface area contributed by atoms with E-state index in [1.807, 2.05) is 13.8 Å². The quantitative estimate of drug-likeness (QED) is 0.867. The van der Waals surface area contributed by atoms with Gasteiger partial charge in [-0.3, -0.25) is 9.63 Å². The summed E-state index contributed by atoms with van der Waals surface area (Å²) in [6, 6.07) is 0. The third kappa shape index (κ3) is 4.00. The normalized spacial score (nSPS) is 10.7. The molecule has 0 aliphatic rings. The molecule has 0 saturated carbocycles. The summed E-state index contributed by atoms with van der Waals surface area (Å²) in [4.78, 5) is 20.4. The number of aromatic nitrogens is 1. The predicted molar refractivity (Wildman–Crippen MR) is 67.5 cm³/mol. The number of rotatable bonds is 4. The summed E-state index contributed by atoms with van der Waals surface area (Å²) < 4.78 is 0. The van der Waals surface area contributed by atoms with E-state index in [0.717, 1.165) is 0 Å². The van der Waals surface area contributed by atoms with E-state index in [9.17, 15) is 4.79 Å². The molecule has 0 radical (unpaired) electrons. The SMILES string of the molecule is CC(C)CONC(=O)c1ncc(Cl)c(Cl)c1Cl. The van der Waals surface area contributed by atoms with E-state index in [-0.39, 0.29) is 20.8 Å². The lowest BCUT2D eigenvalue weighted by Gasteiger charge is -2.09. The van der Waals surface area contributed by atoms with Crippen LogP contribution < -0.4 is 5.48 Å². The molecule has 0 spiro atoms. The Morgan fingerprint density at radius 3 is 2.65 bits per heavy atom. The summed E-state index contributed by atoms with van der Waals surface area (Å²) in [6.45, 7) is 4.30. The summed E-state index contributed by atoms with van der Waals surface area (Å²) in [7, 11) is 0. The number of halogens is 3. The maximum Gasteiger partial charge on any atom is 0.295 e. The maximum atomic E-state index is 11.6. The van der Waals surface area contributed by atoms with Crippen molar-refractivity contribution in [3.05, 3.63) is 27.0 Å². The Morgan fingerprint density at radius 1 is 1.41 bits per heavy atom. The standard InChI is InChI=1S/C10H11Cl3N2O2/c1-5(2)4-17-15-10(16)9-8(13)7(12)6(11)3-14-9/h3,5H,4H2,1-2H3,(H,15,16). The highest BCUT2D eigenvalue weighted by molar-refractivity contribution is 6.48. The van der Waals surface area contributed by atoms with Crippen LogP contribution in [0, 0.1) is 5.92 Å². The lowest BCUT2D eigenvalue weighted by atomic mass is 10.2. The first-order chi connectivity index (χ1) is 7.93. The molecule has 0 bridgehead atoms. The number of carbonyl (C=O) groups excluding carboxylic acids is 1. The zero-order valence-corrected chi connectivity index (χ0v) is 11.5. The molecule has 0 saturated heterocycles. The number of hydrogen-bond donors (Lipinski definition) is 1. The molecular weight excluding hydrogens is 286 g/mol. The van der Waals surface area contributed by atoms with Crippen molar-refractivity contribution in [1.29, 1.82) is 0 Å². The molecule has 1 aromatic rings. The average Bonchev–Trinajstić information content (AvgIpc) is 2.25. The van der Waals surface area contributed by atoms with Gasteiger partial charge in [0.25, 0.3) is 5.91 Å². The van der Waals surface area contributed by atoms with Crippen LogP contribution in [-0.4, -0.2) is 17.5 Å². The van der Waals surface area contributed by atoms with Gasteiger partial charge in [-0.1, -0.05) is 48.7 Å². The molecule has 4 nitrogen and oxygen atoms in total. The Labute approximate surface area is 114 Å². The Balaban J connectivity index is 2.73. The fourth-order valence-corrected chi connectivity index (χ4v) is 1.49. The van der Waals surface area contributed by atoms with Crippen LogP contribution in [0.4, 0.5) is 0 Å². The molecular formula is C10H11Cl3N2O2. The summed E-state index contributed by atoms with van der Waals surface area (Å²) in [5, 5.41) is 0.290. The number of hydroxylamine groups is 1. The van der Waals surface area contributed by atoms with Crippen LogP contribution in [0.3, 0.4) is 0 Å². The van der Waals surface area contributed by atoms with E-state index >= 15 is 0 Å². The Kier molecular flexibility index (Phi) is 5.46. The van der Waals surface area contributed by atoms with E-state index in [1.54, 1.807) is 0 Å². The smallest absolute Gasteiger partial charge is 0.273 e. The molecule has 0 fully saturated rings. The second-order valence-corrected chi connectivity index (χ2v) is 4.88. The molecule has 0 aromatic carbocycles. The molecule has 1 amide bonds. The number of pyridine rings is 1. The van der Waals surface area contributed by atoms with Gasteiger partial charge in [-0.15, -0.1) is 0 Å². The lowest BCUT2D eigenvalue weighted by Crippen LogP contribution is -2.26. The Hall–Kier alpha value is -0.550. The van der Waals surface area contributed by atoms with Crippen molar-refractivity contribution in [3.8, 4) is 0 Å². The Morgan fingerprint density at radius 2 is 2.06 bits per heavy atom. The van der Waals surface area contributed by atoms with Crippen molar-refractivity contribution in [3.63, 3.8) is 0 Å². The summed E-state index contributed by atoms with van der Waals surface area (Å²) in [5.74, 6) is -0.262. The van der Waals surface area contributed by atoms with Gasteiger partial charge in [-0.25, -0.2) is 10.5 Å². The first-order valence-electron chi connectivity index (χ1n) is 4.85. The number of carbonyl (C=O) groups is 1. The molecule has 17 heavy (non-hydrogen) atoms. The van der Waals surface area contributed by atoms with Gasteiger partial charge in [-0.2, -0.15) is 0 Å². The molecule has 0 aliphatic heterocycles. The van der Waals surface area contributed by atoms with Gasteiger partial charge >= 0.3 is 0 Å². The topological polar surface area (TPSA) is 51.2 Å². The third-order valence-electron chi connectivity index (χ3n) is 1.71. The lowest BCUT2D eigenvalue weighted by molar-refractivity contribution is 0.0205. The minimum atomic E-state index is -0.561. The van der Waals surface area contributed by atoms with E-state index in [4.69, 9.17) is 39.6 Å². The predicted octanol–water partition coefficient (Wildman–Crippen LogP) is 3.36. The molecule has 0 unspecified atom stereocenters. The Bertz CT molecular complexity index is 424. The first kappa shape index (κ1) is 14.5. The summed E-state index contributed by atoms with van der Waals surface area (Å²) in [6.07, 6.45) is 1.26. The van der Waals surface area contributed by atoms with Crippen molar-refractivity contribution in [2.75, 3.05) is 6.61 Å².